The Balaban J connectivity index is 3.25. The van der Waals surface area contributed by atoms with Crippen LogP contribution in [0.3, 0.4) is 0 Å². The molecule has 1 rings (SSSR count). The molecule has 0 aliphatic heterocycles. The zero-order valence-electron chi connectivity index (χ0n) is 11.1. The zero-order valence-corrected chi connectivity index (χ0v) is 15.1. The molecule has 0 amide bonds. The van der Waals surface area contributed by atoms with Crippen molar-refractivity contribution in [2.75, 3.05) is 26.8 Å². The number of nitrogens with zero attached hydrogens (tertiary/aromatic N) is 2. The quantitative estimate of drug-likeness (QED) is 0.684. The van der Waals surface area contributed by atoms with Gasteiger partial charge in [-0.3, -0.25) is 0 Å². The number of nitriles is 1. The molecular formula is C12H13BrCl2N2O3S. The molecule has 116 valence electrons. The molecule has 0 unspecified atom stereocenters. The summed E-state index contributed by atoms with van der Waals surface area (Å²) < 4.78 is 32.0. The van der Waals surface area contributed by atoms with E-state index in [2.05, 4.69) is 15.9 Å². The smallest absolute Gasteiger partial charge is 0.246 e. The van der Waals surface area contributed by atoms with Crippen LogP contribution < -0.4 is 0 Å². The minimum Gasteiger partial charge on any atom is -0.383 e. The molecule has 0 aliphatic rings. The van der Waals surface area contributed by atoms with Crippen molar-refractivity contribution in [3.8, 4) is 6.07 Å². The monoisotopic (exact) mass is 414 g/mol. The molecule has 0 bridgehead atoms. The molecule has 5 nitrogen and oxygen atoms in total. The average molecular weight is 416 g/mol. The Morgan fingerprint density at radius 2 is 1.90 bits per heavy atom. The minimum atomic E-state index is -3.91. The van der Waals surface area contributed by atoms with Crippen molar-refractivity contribution < 1.29 is 13.2 Å². The predicted molar refractivity (Wildman–Crippen MR) is 85.0 cm³/mol. The van der Waals surface area contributed by atoms with Gasteiger partial charge in [0.2, 0.25) is 10.0 Å². The Labute approximate surface area is 142 Å². The van der Waals surface area contributed by atoms with Gasteiger partial charge in [0.15, 0.2) is 0 Å². The maximum atomic E-state index is 12.7. The third kappa shape index (κ3) is 4.81. The lowest BCUT2D eigenvalue weighted by Gasteiger charge is -2.22. The average Bonchev–Trinajstić information content (AvgIpc) is 2.36. The summed E-state index contributed by atoms with van der Waals surface area (Å²) in [4.78, 5) is -0.164. The minimum absolute atomic E-state index is 0.0220. The fraction of sp³-hybridized carbons (Fsp3) is 0.417. The van der Waals surface area contributed by atoms with Crippen molar-refractivity contribution >= 4 is 49.2 Å². The normalized spacial score (nSPS) is 11.6. The summed E-state index contributed by atoms with van der Waals surface area (Å²) in [6, 6.07) is 4.83. The second kappa shape index (κ2) is 8.32. The highest BCUT2D eigenvalue weighted by molar-refractivity contribution is 9.10. The molecule has 0 fully saturated rings. The van der Waals surface area contributed by atoms with Gasteiger partial charge < -0.3 is 4.74 Å². The molecule has 9 heteroatoms. The topological polar surface area (TPSA) is 70.4 Å². The van der Waals surface area contributed by atoms with E-state index in [-0.39, 0.29) is 41.1 Å². The van der Waals surface area contributed by atoms with Crippen LogP contribution in [0.15, 0.2) is 21.5 Å². The van der Waals surface area contributed by atoms with E-state index in [9.17, 15) is 8.42 Å². The van der Waals surface area contributed by atoms with Gasteiger partial charge in [-0.2, -0.15) is 9.57 Å². The summed E-state index contributed by atoms with van der Waals surface area (Å²) in [5.74, 6) is 0. The highest BCUT2D eigenvalue weighted by atomic mass is 79.9. The molecule has 0 aliphatic carbocycles. The van der Waals surface area contributed by atoms with Crippen LogP contribution in [0.5, 0.6) is 0 Å². The lowest BCUT2D eigenvalue weighted by atomic mass is 10.4. The number of halogens is 3. The van der Waals surface area contributed by atoms with E-state index in [1.54, 1.807) is 0 Å². The van der Waals surface area contributed by atoms with Crippen molar-refractivity contribution in [1.29, 1.82) is 5.26 Å². The van der Waals surface area contributed by atoms with Crippen LogP contribution in [-0.2, 0) is 14.8 Å². The standard InChI is InChI=1S/C12H13BrCl2N2O3S/c1-20-6-5-17(4-2-3-16)21(18,19)12-10(14)7-9(13)8-11(12)15/h7-8H,2,4-6H2,1H3. The van der Waals surface area contributed by atoms with Crippen LogP contribution in [0.25, 0.3) is 0 Å². The van der Waals surface area contributed by atoms with Gasteiger partial charge in [-0.15, -0.1) is 0 Å². The number of benzene rings is 1. The summed E-state index contributed by atoms with van der Waals surface area (Å²) in [6.07, 6.45) is 0.0642. The summed E-state index contributed by atoms with van der Waals surface area (Å²) in [6.45, 7) is 0.366. The highest BCUT2D eigenvalue weighted by Crippen LogP contribution is 2.34. The highest BCUT2D eigenvalue weighted by Gasteiger charge is 2.29. The van der Waals surface area contributed by atoms with Gasteiger partial charge in [-0.25, -0.2) is 8.42 Å². The first-order valence-corrected chi connectivity index (χ1v) is 8.84. The summed E-state index contributed by atoms with van der Waals surface area (Å²) in [5.41, 5.74) is 0. The summed E-state index contributed by atoms with van der Waals surface area (Å²) >= 11 is 15.2. The molecule has 0 saturated heterocycles. The predicted octanol–water partition coefficient (Wildman–Crippen LogP) is 3.31. The second-order valence-electron chi connectivity index (χ2n) is 4.00. The van der Waals surface area contributed by atoms with Crippen molar-refractivity contribution in [3.05, 3.63) is 26.7 Å². The number of sulfonamides is 1. The van der Waals surface area contributed by atoms with Gasteiger partial charge in [0, 0.05) is 31.1 Å². The first-order chi connectivity index (χ1) is 9.84. The maximum Gasteiger partial charge on any atom is 0.246 e. The van der Waals surface area contributed by atoms with Crippen LogP contribution >= 0.6 is 39.1 Å². The molecule has 0 radical (unpaired) electrons. The van der Waals surface area contributed by atoms with E-state index in [0.717, 1.165) is 4.31 Å². The van der Waals surface area contributed by atoms with Crippen molar-refractivity contribution in [2.45, 2.75) is 11.3 Å². The largest absolute Gasteiger partial charge is 0.383 e. The lowest BCUT2D eigenvalue weighted by Crippen LogP contribution is -2.35. The Morgan fingerprint density at radius 1 is 1.33 bits per heavy atom. The van der Waals surface area contributed by atoms with Crippen molar-refractivity contribution in [2.24, 2.45) is 0 Å². The fourth-order valence-electron chi connectivity index (χ4n) is 1.62. The molecule has 0 aromatic heterocycles. The number of methoxy groups -OCH3 is 1. The van der Waals surface area contributed by atoms with E-state index in [1.165, 1.54) is 19.2 Å². The second-order valence-corrected chi connectivity index (χ2v) is 7.61. The molecule has 21 heavy (non-hydrogen) atoms. The third-order valence-electron chi connectivity index (χ3n) is 2.58. The Bertz CT molecular complexity index is 623. The SMILES string of the molecule is COCCN(CCC#N)S(=O)(=O)c1c(Cl)cc(Br)cc1Cl. The van der Waals surface area contributed by atoms with Gasteiger partial charge >= 0.3 is 0 Å². The van der Waals surface area contributed by atoms with E-state index in [1.807, 2.05) is 6.07 Å². The van der Waals surface area contributed by atoms with Crippen LogP contribution in [-0.4, -0.2) is 39.5 Å². The molecule has 0 heterocycles. The number of rotatable bonds is 7. The molecule has 0 spiro atoms. The van der Waals surface area contributed by atoms with Crippen LogP contribution in [0.1, 0.15) is 6.42 Å². The first-order valence-electron chi connectivity index (χ1n) is 5.85. The molecule has 0 saturated carbocycles. The molecule has 0 N–H and O–H groups in total. The van der Waals surface area contributed by atoms with Gasteiger partial charge in [0.05, 0.1) is 22.7 Å². The fourth-order valence-corrected chi connectivity index (χ4v) is 4.93. The van der Waals surface area contributed by atoms with Crippen LogP contribution in [0, 0.1) is 11.3 Å². The molecule has 1 aromatic rings. The maximum absolute atomic E-state index is 12.7. The number of hydrogen-bond donors (Lipinski definition) is 0. The Hall–Kier alpha value is -0.360. The third-order valence-corrected chi connectivity index (χ3v) is 5.86. The molecule has 1 aromatic carbocycles. The molecule has 0 atom stereocenters. The summed E-state index contributed by atoms with van der Waals surface area (Å²) in [5, 5.41) is 8.71. The van der Waals surface area contributed by atoms with Gasteiger partial charge in [-0.1, -0.05) is 39.1 Å². The lowest BCUT2D eigenvalue weighted by molar-refractivity contribution is 0.179. The van der Waals surface area contributed by atoms with E-state index >= 15 is 0 Å². The van der Waals surface area contributed by atoms with E-state index < -0.39 is 10.0 Å². The summed E-state index contributed by atoms with van der Waals surface area (Å²) in [7, 11) is -2.44. The number of hydrogen-bond acceptors (Lipinski definition) is 4. The van der Waals surface area contributed by atoms with E-state index in [4.69, 9.17) is 33.2 Å². The van der Waals surface area contributed by atoms with Gasteiger partial charge in [0.1, 0.15) is 4.90 Å². The van der Waals surface area contributed by atoms with Crippen LogP contribution in [0.4, 0.5) is 0 Å². The Morgan fingerprint density at radius 3 is 2.38 bits per heavy atom. The van der Waals surface area contributed by atoms with Gasteiger partial charge in [-0.05, 0) is 12.1 Å². The number of ether oxygens (including phenoxy) is 1. The molecular weight excluding hydrogens is 403 g/mol. The van der Waals surface area contributed by atoms with Crippen LogP contribution in [0.2, 0.25) is 10.0 Å². The van der Waals surface area contributed by atoms with Crippen molar-refractivity contribution in [3.63, 3.8) is 0 Å². The van der Waals surface area contributed by atoms with E-state index in [0.29, 0.717) is 4.47 Å². The van der Waals surface area contributed by atoms with Crippen molar-refractivity contribution in [1.82, 2.24) is 4.31 Å². The van der Waals surface area contributed by atoms with Gasteiger partial charge in [0.25, 0.3) is 0 Å². The zero-order chi connectivity index (χ0) is 16.0. The Kier molecular flexibility index (Phi) is 7.40. The first kappa shape index (κ1) is 18.7.